The van der Waals surface area contributed by atoms with Crippen LogP contribution >= 0.6 is 0 Å². The van der Waals surface area contributed by atoms with E-state index in [1.807, 2.05) is 0 Å². The highest BCUT2D eigenvalue weighted by molar-refractivity contribution is 7.04. The van der Waals surface area contributed by atoms with Gasteiger partial charge in [-0.2, -0.15) is 10.5 Å². The van der Waals surface area contributed by atoms with E-state index in [-0.39, 0.29) is 45.9 Å². The molecule has 0 N–H and O–H groups in total. The Morgan fingerprint density at radius 1 is 0.252 bits per heavy atom. The number of nitriles is 2. The predicted octanol–water partition coefficient (Wildman–Crippen LogP) is 23.9. The second kappa shape index (κ2) is 27.7. The van der Waals surface area contributed by atoms with Crippen LogP contribution in [0.3, 0.4) is 0 Å². The maximum Gasteiger partial charge on any atom is 0.252 e. The second-order valence-corrected chi connectivity index (χ2v) is 42.1. The number of hydrogen-bond acceptors (Lipinski definition) is 8. The van der Waals surface area contributed by atoms with Crippen LogP contribution in [0.5, 0.6) is 0 Å². The highest BCUT2D eigenvalue weighted by Gasteiger charge is 2.53. The Morgan fingerprint density at radius 3 is 0.740 bits per heavy atom. The smallest absolute Gasteiger partial charge is 0.252 e. The van der Waals surface area contributed by atoms with Gasteiger partial charge in [-0.1, -0.05) is 245 Å². The van der Waals surface area contributed by atoms with Crippen molar-refractivity contribution in [3.8, 4) is 12.1 Å². The fourth-order valence-corrected chi connectivity index (χ4v) is 21.2. The molecule has 0 atom stereocenters. The molecule has 0 aromatic heterocycles. The van der Waals surface area contributed by atoms with Crippen LogP contribution in [-0.2, 0) is 32.5 Å². The lowest BCUT2D eigenvalue weighted by molar-refractivity contribution is 0.590. The first-order chi connectivity index (χ1) is 58.1. The maximum atomic E-state index is 12.1. The fourth-order valence-electron chi connectivity index (χ4n) is 21.2. The summed E-state index contributed by atoms with van der Waals surface area (Å²) in [5, 5.41) is 23.8. The van der Waals surface area contributed by atoms with Gasteiger partial charge in [0.05, 0.1) is 41.2 Å². The molecule has 123 heavy (non-hydrogen) atoms. The number of aryl methyl sites for hydroxylation is 6. The van der Waals surface area contributed by atoms with Gasteiger partial charge in [-0.3, -0.25) is 0 Å². The van der Waals surface area contributed by atoms with Gasteiger partial charge in [-0.05, 0) is 288 Å². The molecule has 6 aliphatic heterocycles. The van der Waals surface area contributed by atoms with E-state index in [1.54, 1.807) is 0 Å². The summed E-state index contributed by atoms with van der Waals surface area (Å²) in [6.07, 6.45) is 0. The van der Waals surface area contributed by atoms with Gasteiger partial charge in [0.25, 0.3) is 20.1 Å². The van der Waals surface area contributed by atoms with Crippen molar-refractivity contribution in [3.63, 3.8) is 0 Å². The van der Waals surface area contributed by atoms with Crippen LogP contribution in [0, 0.1) is 70.8 Å². The standard InChI is InChI=1S/C111H108B3N9/c1-64-46-66(3)104(67(4)47-64)122-93-60-91-85(112-83-54-76(110(19,20)21)34-44-89(83)118(79-36-26-72(27-37-79)106(7,8)9)95-50-70(62-115)51-96(101(95)112)120(91)81-40-30-74(31-41-81)108(13,14)15)58-88(93)114-86-59-87-94(61-92(86)121(82-42-32-75(33-43-82)109(16,17)18)97-52-71(63-116)53-98(122)102(97)114)123(105-68(5)48-65(2)49-69(105)6)100-57-78(117-25)56-99-103(100)113(87)84-55-77(111(22,23)24)35-45-90(84)119(99)80-38-28-73(29-39-80)107(10,11)12/h26-61H,1-24H3. The van der Waals surface area contributed by atoms with Crippen LogP contribution in [0.15, 0.2) is 218 Å². The monoisotopic (exact) mass is 1600 g/mol. The molecular weight excluding hydrogens is 1490 g/mol. The quantitative estimate of drug-likeness (QED) is 0.120. The van der Waals surface area contributed by atoms with Crippen molar-refractivity contribution in [2.75, 3.05) is 29.4 Å². The Bertz CT molecular complexity index is 6780. The molecule has 13 aromatic carbocycles. The average molecular weight is 1600 g/mol. The largest absolute Gasteiger partial charge is 0.313 e. The van der Waals surface area contributed by atoms with Crippen molar-refractivity contribution in [2.45, 2.75) is 199 Å². The number of benzene rings is 13. The fraction of sp³-hybridized carbons (Fsp3) is 0.270. The topological polar surface area (TPSA) is 71.4 Å². The molecule has 12 heteroatoms. The molecule has 9 nitrogen and oxygen atoms in total. The zero-order chi connectivity index (χ0) is 87.0. The average Bonchev–Trinajstić information content (AvgIpc) is 0.676. The van der Waals surface area contributed by atoms with Crippen LogP contribution in [0.2, 0.25) is 0 Å². The van der Waals surface area contributed by atoms with Crippen LogP contribution in [-0.4, -0.2) is 20.1 Å². The number of hydrogen-bond donors (Lipinski definition) is 0. The Kier molecular flexibility index (Phi) is 18.0. The summed E-state index contributed by atoms with van der Waals surface area (Å²) in [6, 6.07) is 89.3. The van der Waals surface area contributed by atoms with Gasteiger partial charge in [0.2, 0.25) is 0 Å². The number of anilines is 18. The molecule has 0 unspecified atom stereocenters. The molecular formula is C111H108B3N9. The highest BCUT2D eigenvalue weighted by atomic mass is 15.2. The normalized spacial score (nSPS) is 14.2. The van der Waals surface area contributed by atoms with E-state index in [0.717, 1.165) is 163 Å². The SMILES string of the molecule is [C-]#[N+]c1cc2c3c(c1)N(c1c(C)cc(C)cc1C)c1cc4c(cc1B3c1cc(C(C)(C)C)ccc1N2c1ccc(C(C)(C)C)cc1)B1c2cc3c(cc2N(c2c(C)cc(C)cc2C)c2cc(C#N)cc(c21)N4c1ccc(C(C)(C)C)cc1)N(c1ccc(C(C)(C)C)cc1)c1cc(C#N)cc2c1B3c1cc(C(C)(C)C)ccc1N2c1ccc(C(C)(C)C)cc1. The van der Waals surface area contributed by atoms with E-state index in [9.17, 15) is 17.1 Å². The maximum absolute atomic E-state index is 12.1. The molecule has 6 aliphatic rings. The molecule has 13 aromatic rings. The molecule has 0 spiro atoms. The molecule has 0 fully saturated rings. The van der Waals surface area contributed by atoms with Gasteiger partial charge in [0.1, 0.15) is 0 Å². The van der Waals surface area contributed by atoms with Crippen molar-refractivity contribution < 1.29 is 0 Å². The molecule has 0 bridgehead atoms. The van der Waals surface area contributed by atoms with Gasteiger partial charge in [0, 0.05) is 91.0 Å². The molecule has 6 heterocycles. The van der Waals surface area contributed by atoms with Crippen LogP contribution in [0.4, 0.5) is 108 Å². The summed E-state index contributed by atoms with van der Waals surface area (Å²) in [5.41, 5.74) is 43.3. The lowest BCUT2D eigenvalue weighted by Gasteiger charge is -2.49. The van der Waals surface area contributed by atoms with E-state index < -0.39 is 6.71 Å². The molecule has 0 saturated heterocycles. The van der Waals surface area contributed by atoms with Gasteiger partial charge >= 0.3 is 0 Å². The third kappa shape index (κ3) is 12.7. The summed E-state index contributed by atoms with van der Waals surface area (Å²) in [4.78, 5) is 19.4. The molecule has 0 radical (unpaired) electrons. The summed E-state index contributed by atoms with van der Waals surface area (Å²) in [7, 11) is 0. The van der Waals surface area contributed by atoms with Crippen molar-refractivity contribution in [2.24, 2.45) is 0 Å². The van der Waals surface area contributed by atoms with Gasteiger partial charge in [0.15, 0.2) is 5.69 Å². The number of fused-ring (bicyclic) bond motifs is 12. The zero-order valence-corrected chi connectivity index (χ0v) is 76.0. The van der Waals surface area contributed by atoms with Crippen molar-refractivity contribution in [1.29, 1.82) is 10.5 Å². The third-order valence-electron chi connectivity index (χ3n) is 27.2. The van der Waals surface area contributed by atoms with E-state index in [1.165, 1.54) is 55.4 Å². The first-order valence-electron chi connectivity index (χ1n) is 43.9. The predicted molar refractivity (Wildman–Crippen MR) is 525 cm³/mol. The lowest BCUT2D eigenvalue weighted by atomic mass is 9.29. The van der Waals surface area contributed by atoms with Crippen LogP contribution in [0.1, 0.15) is 203 Å². The third-order valence-corrected chi connectivity index (χ3v) is 27.2. The summed E-state index contributed by atoms with van der Waals surface area (Å²) < 4.78 is 0. The first-order valence-corrected chi connectivity index (χ1v) is 43.9. The molecule has 0 amide bonds. The molecule has 606 valence electrons. The first kappa shape index (κ1) is 80.1. The Balaban J connectivity index is 0.987. The zero-order valence-electron chi connectivity index (χ0n) is 76.0. The van der Waals surface area contributed by atoms with Crippen LogP contribution in [0.25, 0.3) is 4.85 Å². The highest BCUT2D eigenvalue weighted by Crippen LogP contribution is 2.55. The van der Waals surface area contributed by atoms with Crippen molar-refractivity contribution in [3.05, 3.63) is 308 Å². The van der Waals surface area contributed by atoms with Gasteiger partial charge < -0.3 is 29.4 Å². The van der Waals surface area contributed by atoms with E-state index in [4.69, 9.17) is 0 Å². The van der Waals surface area contributed by atoms with Crippen molar-refractivity contribution in [1.82, 2.24) is 0 Å². The van der Waals surface area contributed by atoms with Gasteiger partial charge in [-0.25, -0.2) is 4.85 Å². The molecule has 0 aliphatic carbocycles. The Hall–Kier alpha value is -12.7. The Morgan fingerprint density at radius 2 is 0.480 bits per heavy atom. The van der Waals surface area contributed by atoms with Crippen LogP contribution < -0.4 is 78.6 Å². The van der Waals surface area contributed by atoms with Gasteiger partial charge in [-0.15, -0.1) is 0 Å². The minimum atomic E-state index is -0.470. The number of nitrogens with zero attached hydrogens (tertiary/aromatic N) is 9. The summed E-state index contributed by atoms with van der Waals surface area (Å²) in [6.45, 7) is 62.7. The van der Waals surface area contributed by atoms with Crippen molar-refractivity contribution >= 4 is 177 Å². The van der Waals surface area contributed by atoms with E-state index >= 15 is 0 Å². The summed E-state index contributed by atoms with van der Waals surface area (Å²) >= 11 is 0. The minimum Gasteiger partial charge on any atom is -0.313 e. The van der Waals surface area contributed by atoms with E-state index in [0.29, 0.717) is 16.8 Å². The minimum absolute atomic E-state index is 0.0857. The van der Waals surface area contributed by atoms with E-state index in [2.05, 4.69) is 431 Å². The lowest BCUT2D eigenvalue weighted by Crippen LogP contribution is -2.67. The molecule has 0 saturated carbocycles. The summed E-state index contributed by atoms with van der Waals surface area (Å²) in [5.74, 6) is 0. The molecule has 19 rings (SSSR count). The Labute approximate surface area is 731 Å². The number of rotatable bonds is 6. The second-order valence-electron chi connectivity index (χ2n) is 42.1.